The number of nitrogens with zero attached hydrogens (tertiary/aromatic N) is 2. The second-order valence-electron chi connectivity index (χ2n) is 5.11. The fraction of sp³-hybridized carbons (Fsp3) is 0.538. The number of anilines is 1. The highest BCUT2D eigenvalue weighted by molar-refractivity contribution is 7.80. The Hall–Kier alpha value is -1.16. The number of rotatable bonds is 2. The molecule has 17 heavy (non-hydrogen) atoms. The highest BCUT2D eigenvalue weighted by atomic mass is 32.1. The van der Waals surface area contributed by atoms with Crippen LogP contribution in [0.4, 0.5) is 5.69 Å². The zero-order valence-corrected chi connectivity index (χ0v) is 11.2. The molecule has 0 amide bonds. The van der Waals surface area contributed by atoms with Gasteiger partial charge in [0.15, 0.2) is 0 Å². The summed E-state index contributed by atoms with van der Waals surface area (Å²) in [6.07, 6.45) is 4.91. The van der Waals surface area contributed by atoms with E-state index in [9.17, 15) is 0 Å². The highest BCUT2D eigenvalue weighted by Gasteiger charge is 2.23. The van der Waals surface area contributed by atoms with Crippen molar-refractivity contribution in [3.8, 4) is 0 Å². The first-order valence-corrected chi connectivity index (χ1v) is 6.47. The van der Waals surface area contributed by atoms with E-state index in [0.717, 1.165) is 24.3 Å². The molecule has 2 atom stereocenters. The Morgan fingerprint density at radius 2 is 2.06 bits per heavy atom. The van der Waals surface area contributed by atoms with Crippen LogP contribution in [-0.2, 0) is 0 Å². The zero-order chi connectivity index (χ0) is 12.4. The van der Waals surface area contributed by atoms with Crippen LogP contribution in [0.15, 0.2) is 18.5 Å². The Labute approximate surface area is 108 Å². The second kappa shape index (κ2) is 5.00. The molecule has 1 fully saturated rings. The van der Waals surface area contributed by atoms with Crippen molar-refractivity contribution in [1.82, 2.24) is 4.98 Å². The summed E-state index contributed by atoms with van der Waals surface area (Å²) in [5.41, 5.74) is 7.79. The molecule has 4 heteroatoms. The Kier molecular flexibility index (Phi) is 3.62. The molecule has 0 aromatic carbocycles. The van der Waals surface area contributed by atoms with E-state index >= 15 is 0 Å². The average molecular weight is 249 g/mol. The SMILES string of the molecule is CC1CC(C)CN(c2cnccc2C(N)=S)C1. The molecule has 0 aliphatic carbocycles. The van der Waals surface area contributed by atoms with Gasteiger partial charge in [-0.1, -0.05) is 26.1 Å². The summed E-state index contributed by atoms with van der Waals surface area (Å²) >= 11 is 5.10. The lowest BCUT2D eigenvalue weighted by Gasteiger charge is -2.37. The van der Waals surface area contributed by atoms with Crippen molar-refractivity contribution in [3.63, 3.8) is 0 Å². The fourth-order valence-electron chi connectivity index (χ4n) is 2.71. The van der Waals surface area contributed by atoms with Gasteiger partial charge in [-0.25, -0.2) is 0 Å². The molecule has 0 spiro atoms. The van der Waals surface area contributed by atoms with Crippen LogP contribution < -0.4 is 10.6 Å². The molecule has 2 heterocycles. The number of thiocarbonyl (C=S) groups is 1. The molecule has 0 bridgehead atoms. The van der Waals surface area contributed by atoms with E-state index in [1.807, 2.05) is 12.3 Å². The van der Waals surface area contributed by atoms with E-state index < -0.39 is 0 Å². The molecule has 0 saturated carbocycles. The standard InChI is InChI=1S/C13H19N3S/c1-9-5-10(2)8-16(7-9)12-6-15-4-3-11(12)13(14)17/h3-4,6,9-10H,5,7-8H2,1-2H3,(H2,14,17). The van der Waals surface area contributed by atoms with Crippen LogP contribution >= 0.6 is 12.2 Å². The predicted octanol–water partition coefficient (Wildman–Crippen LogP) is 2.20. The van der Waals surface area contributed by atoms with Crippen molar-refractivity contribution in [3.05, 3.63) is 24.0 Å². The Bertz CT molecular complexity index is 409. The number of hydrogen-bond donors (Lipinski definition) is 1. The van der Waals surface area contributed by atoms with Crippen molar-refractivity contribution < 1.29 is 0 Å². The summed E-state index contributed by atoms with van der Waals surface area (Å²) in [7, 11) is 0. The molecule has 1 aromatic heterocycles. The molecule has 2 rings (SSSR count). The van der Waals surface area contributed by atoms with Crippen molar-refractivity contribution in [1.29, 1.82) is 0 Å². The summed E-state index contributed by atoms with van der Waals surface area (Å²) in [5.74, 6) is 1.41. The van der Waals surface area contributed by atoms with E-state index in [4.69, 9.17) is 18.0 Å². The van der Waals surface area contributed by atoms with E-state index in [1.165, 1.54) is 6.42 Å². The fourth-order valence-corrected chi connectivity index (χ4v) is 2.88. The Morgan fingerprint density at radius 1 is 1.41 bits per heavy atom. The maximum Gasteiger partial charge on any atom is 0.106 e. The third-order valence-corrected chi connectivity index (χ3v) is 3.49. The number of piperidine rings is 1. The molecule has 1 aliphatic heterocycles. The summed E-state index contributed by atoms with van der Waals surface area (Å²) in [6, 6.07) is 1.90. The molecular formula is C13H19N3S. The van der Waals surface area contributed by atoms with E-state index in [-0.39, 0.29) is 0 Å². The van der Waals surface area contributed by atoms with Gasteiger partial charge in [0, 0.05) is 24.8 Å². The topological polar surface area (TPSA) is 42.2 Å². The highest BCUT2D eigenvalue weighted by Crippen LogP contribution is 2.28. The molecular weight excluding hydrogens is 230 g/mol. The molecule has 92 valence electrons. The van der Waals surface area contributed by atoms with Crippen LogP contribution in [0.2, 0.25) is 0 Å². The van der Waals surface area contributed by atoms with Gasteiger partial charge in [0.25, 0.3) is 0 Å². The normalized spacial score (nSPS) is 24.7. The Balaban J connectivity index is 2.30. The summed E-state index contributed by atoms with van der Waals surface area (Å²) in [5, 5.41) is 0. The van der Waals surface area contributed by atoms with Crippen molar-refractivity contribution in [2.24, 2.45) is 17.6 Å². The first kappa shape index (κ1) is 12.3. The van der Waals surface area contributed by atoms with Gasteiger partial charge >= 0.3 is 0 Å². The van der Waals surface area contributed by atoms with Crippen LogP contribution in [0.1, 0.15) is 25.8 Å². The third-order valence-electron chi connectivity index (χ3n) is 3.28. The number of hydrogen-bond acceptors (Lipinski definition) is 3. The first-order valence-electron chi connectivity index (χ1n) is 6.06. The molecule has 1 aliphatic rings. The van der Waals surface area contributed by atoms with Crippen LogP contribution in [0.25, 0.3) is 0 Å². The van der Waals surface area contributed by atoms with Gasteiger partial charge in [-0.2, -0.15) is 0 Å². The van der Waals surface area contributed by atoms with E-state index in [2.05, 4.69) is 23.7 Å². The molecule has 0 radical (unpaired) electrons. The molecule has 1 aromatic rings. The Morgan fingerprint density at radius 3 is 2.65 bits per heavy atom. The van der Waals surface area contributed by atoms with Crippen LogP contribution in [0, 0.1) is 11.8 Å². The summed E-state index contributed by atoms with van der Waals surface area (Å²) < 4.78 is 0. The van der Waals surface area contributed by atoms with Gasteiger partial charge in [0.2, 0.25) is 0 Å². The lowest BCUT2D eigenvalue weighted by atomic mass is 9.91. The predicted molar refractivity (Wildman–Crippen MR) is 75.3 cm³/mol. The summed E-state index contributed by atoms with van der Waals surface area (Å²) in [4.78, 5) is 7.01. The summed E-state index contributed by atoms with van der Waals surface area (Å²) in [6.45, 7) is 6.70. The minimum Gasteiger partial charge on any atom is -0.389 e. The van der Waals surface area contributed by atoms with E-state index in [0.29, 0.717) is 16.8 Å². The largest absolute Gasteiger partial charge is 0.389 e. The maximum absolute atomic E-state index is 5.77. The van der Waals surface area contributed by atoms with Gasteiger partial charge < -0.3 is 10.6 Å². The second-order valence-corrected chi connectivity index (χ2v) is 5.55. The van der Waals surface area contributed by atoms with Crippen LogP contribution in [0.3, 0.4) is 0 Å². The van der Waals surface area contributed by atoms with E-state index in [1.54, 1.807) is 6.20 Å². The number of nitrogens with two attached hydrogens (primary N) is 1. The third kappa shape index (κ3) is 2.75. The smallest absolute Gasteiger partial charge is 0.106 e. The van der Waals surface area contributed by atoms with Gasteiger partial charge in [-0.3, -0.25) is 4.98 Å². The van der Waals surface area contributed by atoms with Crippen LogP contribution in [0.5, 0.6) is 0 Å². The molecule has 2 unspecified atom stereocenters. The zero-order valence-electron chi connectivity index (χ0n) is 10.4. The molecule has 1 saturated heterocycles. The monoisotopic (exact) mass is 249 g/mol. The maximum atomic E-state index is 5.77. The minimum atomic E-state index is 0.452. The first-order chi connectivity index (χ1) is 8.08. The average Bonchev–Trinajstić information content (AvgIpc) is 2.27. The van der Waals surface area contributed by atoms with Crippen molar-refractivity contribution in [2.45, 2.75) is 20.3 Å². The molecule has 2 N–H and O–H groups in total. The minimum absolute atomic E-state index is 0.452. The van der Waals surface area contributed by atoms with Gasteiger partial charge in [0.05, 0.1) is 11.9 Å². The lowest BCUT2D eigenvalue weighted by molar-refractivity contribution is 0.356. The van der Waals surface area contributed by atoms with Crippen molar-refractivity contribution in [2.75, 3.05) is 18.0 Å². The van der Waals surface area contributed by atoms with Crippen molar-refractivity contribution >= 4 is 22.9 Å². The molecule has 3 nitrogen and oxygen atoms in total. The quantitative estimate of drug-likeness (QED) is 0.816. The number of pyridine rings is 1. The lowest BCUT2D eigenvalue weighted by Crippen LogP contribution is -2.39. The van der Waals surface area contributed by atoms with Gasteiger partial charge in [-0.05, 0) is 24.3 Å². The van der Waals surface area contributed by atoms with Crippen LogP contribution in [-0.4, -0.2) is 23.1 Å². The van der Waals surface area contributed by atoms with Gasteiger partial charge in [-0.15, -0.1) is 0 Å². The van der Waals surface area contributed by atoms with Gasteiger partial charge in [0.1, 0.15) is 4.99 Å². The number of aromatic nitrogens is 1.